The van der Waals surface area contributed by atoms with Gasteiger partial charge in [0.25, 0.3) is 5.91 Å². The zero-order valence-corrected chi connectivity index (χ0v) is 15.6. The van der Waals surface area contributed by atoms with Gasteiger partial charge in [0, 0.05) is 30.3 Å². The summed E-state index contributed by atoms with van der Waals surface area (Å²) in [6.45, 7) is 3.84. The number of nitrogens with one attached hydrogen (secondary N) is 1. The number of benzene rings is 1. The van der Waals surface area contributed by atoms with Crippen LogP contribution in [-0.2, 0) is 11.3 Å². The van der Waals surface area contributed by atoms with E-state index in [0.29, 0.717) is 51.6 Å². The van der Waals surface area contributed by atoms with Gasteiger partial charge in [-0.3, -0.25) is 4.79 Å². The number of hydrogen-bond acceptors (Lipinski definition) is 4. The highest BCUT2D eigenvalue weighted by Crippen LogP contribution is 2.26. The van der Waals surface area contributed by atoms with E-state index in [4.69, 9.17) is 9.47 Å². The van der Waals surface area contributed by atoms with Crippen molar-refractivity contribution >= 4 is 11.9 Å². The first-order chi connectivity index (χ1) is 13.2. The number of morpholine rings is 1. The zero-order valence-electron chi connectivity index (χ0n) is 15.6. The Morgan fingerprint density at radius 3 is 2.52 bits per heavy atom. The Labute approximate surface area is 159 Å². The molecule has 0 bridgehead atoms. The van der Waals surface area contributed by atoms with Crippen LogP contribution >= 0.6 is 0 Å². The third kappa shape index (κ3) is 4.18. The van der Waals surface area contributed by atoms with E-state index < -0.39 is 0 Å². The largest absolute Gasteiger partial charge is 0.491 e. The summed E-state index contributed by atoms with van der Waals surface area (Å²) >= 11 is 0. The number of amides is 3. The van der Waals surface area contributed by atoms with Crippen molar-refractivity contribution in [2.24, 2.45) is 0 Å². The summed E-state index contributed by atoms with van der Waals surface area (Å²) in [5.41, 5.74) is 1.52. The summed E-state index contributed by atoms with van der Waals surface area (Å²) in [5, 5.41) is 3.14. The topological polar surface area (TPSA) is 71.1 Å². The van der Waals surface area contributed by atoms with Crippen LogP contribution in [0.15, 0.2) is 18.2 Å². The number of urea groups is 1. The predicted molar refractivity (Wildman–Crippen MR) is 99.9 cm³/mol. The molecule has 1 saturated heterocycles. The van der Waals surface area contributed by atoms with Gasteiger partial charge in [0.15, 0.2) is 0 Å². The van der Waals surface area contributed by atoms with Gasteiger partial charge in [0.2, 0.25) is 0 Å². The molecule has 1 N–H and O–H groups in total. The van der Waals surface area contributed by atoms with E-state index in [0.717, 1.165) is 24.2 Å². The van der Waals surface area contributed by atoms with Gasteiger partial charge >= 0.3 is 6.03 Å². The van der Waals surface area contributed by atoms with Crippen molar-refractivity contribution in [1.82, 2.24) is 15.1 Å². The van der Waals surface area contributed by atoms with E-state index in [1.165, 1.54) is 12.8 Å². The van der Waals surface area contributed by atoms with Crippen LogP contribution in [0.5, 0.6) is 5.75 Å². The molecule has 1 aromatic rings. The molecule has 7 nitrogen and oxygen atoms in total. The summed E-state index contributed by atoms with van der Waals surface area (Å²) in [6.07, 6.45) is 4.49. The fourth-order valence-electron chi connectivity index (χ4n) is 3.99. The highest BCUT2D eigenvalue weighted by molar-refractivity contribution is 5.94. The second-order valence-corrected chi connectivity index (χ2v) is 7.43. The van der Waals surface area contributed by atoms with Gasteiger partial charge < -0.3 is 24.6 Å². The number of carbonyl (C=O) groups is 2. The van der Waals surface area contributed by atoms with Gasteiger partial charge in [-0.05, 0) is 31.0 Å². The molecular weight excluding hydrogens is 346 g/mol. The van der Waals surface area contributed by atoms with Gasteiger partial charge in [-0.15, -0.1) is 0 Å². The first-order valence-corrected chi connectivity index (χ1v) is 9.89. The van der Waals surface area contributed by atoms with Crippen molar-refractivity contribution in [3.8, 4) is 5.75 Å². The number of hydrogen-bond donors (Lipinski definition) is 1. The van der Waals surface area contributed by atoms with Crippen LogP contribution in [0.2, 0.25) is 0 Å². The van der Waals surface area contributed by atoms with Crippen LogP contribution in [0.3, 0.4) is 0 Å². The van der Waals surface area contributed by atoms with Crippen molar-refractivity contribution in [1.29, 1.82) is 0 Å². The average molecular weight is 373 g/mol. The first-order valence-electron chi connectivity index (χ1n) is 9.89. The van der Waals surface area contributed by atoms with E-state index in [2.05, 4.69) is 5.32 Å². The number of carbonyl (C=O) groups excluding carboxylic acids is 2. The van der Waals surface area contributed by atoms with Gasteiger partial charge in [-0.2, -0.15) is 0 Å². The lowest BCUT2D eigenvalue weighted by Gasteiger charge is -2.27. The average Bonchev–Trinajstić information content (AvgIpc) is 3.11. The van der Waals surface area contributed by atoms with Gasteiger partial charge in [-0.25, -0.2) is 4.79 Å². The molecular formula is C20H27N3O4. The second-order valence-electron chi connectivity index (χ2n) is 7.43. The van der Waals surface area contributed by atoms with Gasteiger partial charge in [0.1, 0.15) is 12.4 Å². The SMILES string of the molecule is O=C(NC1CCCC1)N1CCOc2ccc(C(=O)N3CCOCC3)cc2C1. The smallest absolute Gasteiger partial charge is 0.318 e. The Balaban J connectivity index is 1.47. The molecule has 1 aromatic carbocycles. The maximum Gasteiger partial charge on any atom is 0.318 e. The van der Waals surface area contributed by atoms with Crippen LogP contribution in [0.1, 0.15) is 41.6 Å². The Kier molecular flexibility index (Phi) is 5.48. The van der Waals surface area contributed by atoms with E-state index in [9.17, 15) is 9.59 Å². The lowest BCUT2D eigenvalue weighted by molar-refractivity contribution is 0.0303. The number of ether oxygens (including phenoxy) is 2. The quantitative estimate of drug-likeness (QED) is 0.861. The van der Waals surface area contributed by atoms with Crippen molar-refractivity contribution in [3.63, 3.8) is 0 Å². The monoisotopic (exact) mass is 373 g/mol. The molecule has 0 aromatic heterocycles. The Bertz CT molecular complexity index is 696. The van der Waals surface area contributed by atoms with Gasteiger partial charge in [-0.1, -0.05) is 12.8 Å². The number of nitrogens with zero attached hydrogens (tertiary/aromatic N) is 2. The summed E-state index contributed by atoms with van der Waals surface area (Å²) in [5.74, 6) is 0.761. The Morgan fingerprint density at radius 2 is 1.74 bits per heavy atom. The molecule has 3 aliphatic rings. The fourth-order valence-corrected chi connectivity index (χ4v) is 3.99. The molecule has 0 atom stereocenters. The normalized spacial score (nSPS) is 20.6. The molecule has 7 heteroatoms. The third-order valence-corrected chi connectivity index (χ3v) is 5.56. The van der Waals surface area contributed by atoms with E-state index >= 15 is 0 Å². The third-order valence-electron chi connectivity index (χ3n) is 5.56. The first kappa shape index (κ1) is 18.1. The maximum absolute atomic E-state index is 12.8. The second kappa shape index (κ2) is 8.17. The minimum atomic E-state index is -0.0386. The summed E-state index contributed by atoms with van der Waals surface area (Å²) in [6, 6.07) is 5.78. The molecule has 2 heterocycles. The highest BCUT2D eigenvalue weighted by Gasteiger charge is 2.25. The summed E-state index contributed by atoms with van der Waals surface area (Å²) in [4.78, 5) is 29.0. The molecule has 1 aliphatic carbocycles. The van der Waals surface area contributed by atoms with Crippen LogP contribution in [0, 0.1) is 0 Å². The molecule has 146 valence electrons. The van der Waals surface area contributed by atoms with Crippen molar-refractivity contribution in [2.75, 3.05) is 39.5 Å². The van der Waals surface area contributed by atoms with Crippen LogP contribution in [0.4, 0.5) is 4.79 Å². The Hall–Kier alpha value is -2.28. The summed E-state index contributed by atoms with van der Waals surface area (Å²) < 4.78 is 11.1. The molecule has 3 amide bonds. The molecule has 2 aliphatic heterocycles. The molecule has 0 radical (unpaired) electrons. The van der Waals surface area contributed by atoms with Crippen LogP contribution in [-0.4, -0.2) is 67.2 Å². The molecule has 4 rings (SSSR count). The summed E-state index contributed by atoms with van der Waals surface area (Å²) in [7, 11) is 0. The van der Waals surface area contributed by atoms with E-state index in [1.54, 1.807) is 4.90 Å². The zero-order chi connectivity index (χ0) is 18.6. The minimum Gasteiger partial charge on any atom is -0.491 e. The lowest BCUT2D eigenvalue weighted by Crippen LogP contribution is -2.44. The van der Waals surface area contributed by atoms with E-state index in [1.807, 2.05) is 23.1 Å². The van der Waals surface area contributed by atoms with Crippen LogP contribution < -0.4 is 10.1 Å². The molecule has 0 unspecified atom stereocenters. The maximum atomic E-state index is 12.8. The standard InChI is InChI=1S/C20H27N3O4/c24-19(22-7-10-26-11-8-22)15-5-6-18-16(13-15)14-23(9-12-27-18)20(25)21-17-3-1-2-4-17/h5-6,13,17H,1-4,7-12,14H2,(H,21,25). The molecule has 27 heavy (non-hydrogen) atoms. The minimum absolute atomic E-state index is 0.00676. The van der Waals surface area contributed by atoms with Gasteiger partial charge in [0.05, 0.1) is 26.3 Å². The fraction of sp³-hybridized carbons (Fsp3) is 0.600. The Morgan fingerprint density at radius 1 is 1.00 bits per heavy atom. The van der Waals surface area contributed by atoms with Crippen LogP contribution in [0.25, 0.3) is 0 Å². The molecule has 0 spiro atoms. The molecule has 1 saturated carbocycles. The predicted octanol–water partition coefficient (Wildman–Crippen LogP) is 2.01. The lowest BCUT2D eigenvalue weighted by atomic mass is 10.1. The van der Waals surface area contributed by atoms with Crippen molar-refractivity contribution < 1.29 is 19.1 Å². The number of rotatable bonds is 2. The number of fused-ring (bicyclic) bond motifs is 1. The molecule has 2 fully saturated rings. The highest BCUT2D eigenvalue weighted by atomic mass is 16.5. The van der Waals surface area contributed by atoms with E-state index in [-0.39, 0.29) is 18.0 Å². The van der Waals surface area contributed by atoms with Crippen molar-refractivity contribution in [3.05, 3.63) is 29.3 Å². The van der Waals surface area contributed by atoms with Crippen molar-refractivity contribution in [2.45, 2.75) is 38.3 Å².